The Morgan fingerprint density at radius 2 is 2.24 bits per heavy atom. The van der Waals surface area contributed by atoms with Gasteiger partial charge in [0.15, 0.2) is 0 Å². The Hall–Kier alpha value is -1.53. The Morgan fingerprint density at radius 3 is 3.00 bits per heavy atom. The quantitative estimate of drug-likeness (QED) is 0.757. The van der Waals surface area contributed by atoms with E-state index in [2.05, 4.69) is 11.4 Å². The molecule has 21 heavy (non-hydrogen) atoms. The van der Waals surface area contributed by atoms with Crippen LogP contribution >= 0.6 is 23.1 Å². The number of hydrogen-bond acceptors (Lipinski definition) is 4. The maximum absolute atomic E-state index is 12.9. The highest BCUT2D eigenvalue weighted by atomic mass is 32.2. The normalized spacial score (nSPS) is 10.3. The number of carbonyl (C=O) groups is 1. The molecule has 2 aromatic rings. The third kappa shape index (κ3) is 6.18. The van der Waals surface area contributed by atoms with Crippen LogP contribution in [0.4, 0.5) is 4.39 Å². The molecule has 0 saturated carbocycles. The third-order valence-electron chi connectivity index (χ3n) is 2.55. The number of hydrogen-bond donors (Lipinski definition) is 1. The van der Waals surface area contributed by atoms with Crippen molar-refractivity contribution in [1.29, 1.82) is 0 Å². The van der Waals surface area contributed by atoms with Gasteiger partial charge in [0.25, 0.3) is 0 Å². The lowest BCUT2D eigenvalue weighted by atomic mass is 10.3. The van der Waals surface area contributed by atoms with Crippen LogP contribution in [0.1, 0.15) is 4.88 Å². The first-order chi connectivity index (χ1) is 10.2. The lowest BCUT2D eigenvalue weighted by molar-refractivity contribution is -0.118. The first-order valence-corrected chi connectivity index (χ1v) is 8.52. The minimum Gasteiger partial charge on any atom is -0.492 e. The van der Waals surface area contributed by atoms with Crippen molar-refractivity contribution in [2.45, 2.75) is 5.75 Å². The molecule has 0 aliphatic carbocycles. The van der Waals surface area contributed by atoms with Crippen molar-refractivity contribution >= 4 is 29.0 Å². The summed E-state index contributed by atoms with van der Waals surface area (Å²) in [5.41, 5.74) is 0. The molecule has 2 rings (SSSR count). The van der Waals surface area contributed by atoms with E-state index >= 15 is 0 Å². The standard InChI is InChI=1S/C15H16FNO2S2/c16-12-3-1-4-13(9-12)19-7-6-17-15(18)11-20-10-14-5-2-8-21-14/h1-5,8-9H,6-7,10-11H2,(H,17,18). The number of thiophene rings is 1. The van der Waals surface area contributed by atoms with E-state index in [1.807, 2.05) is 11.4 Å². The van der Waals surface area contributed by atoms with Crippen LogP contribution in [0.2, 0.25) is 0 Å². The predicted molar refractivity (Wildman–Crippen MR) is 85.4 cm³/mol. The molecule has 1 N–H and O–H groups in total. The van der Waals surface area contributed by atoms with Gasteiger partial charge >= 0.3 is 0 Å². The highest BCUT2D eigenvalue weighted by Crippen LogP contribution is 2.16. The molecule has 0 radical (unpaired) electrons. The number of ether oxygens (including phenoxy) is 1. The number of amides is 1. The fourth-order valence-electron chi connectivity index (χ4n) is 1.61. The van der Waals surface area contributed by atoms with Crippen LogP contribution in [0.15, 0.2) is 41.8 Å². The van der Waals surface area contributed by atoms with Gasteiger partial charge < -0.3 is 10.1 Å². The van der Waals surface area contributed by atoms with Gasteiger partial charge in [-0.15, -0.1) is 23.1 Å². The van der Waals surface area contributed by atoms with Crippen molar-refractivity contribution in [3.8, 4) is 5.75 Å². The average Bonchev–Trinajstić information content (AvgIpc) is 2.97. The fourth-order valence-corrected chi connectivity index (χ4v) is 3.30. The molecule has 6 heteroatoms. The molecule has 112 valence electrons. The topological polar surface area (TPSA) is 38.3 Å². The smallest absolute Gasteiger partial charge is 0.230 e. The van der Waals surface area contributed by atoms with Crippen LogP contribution in [0, 0.1) is 5.82 Å². The molecule has 0 bridgehead atoms. The number of thioether (sulfide) groups is 1. The Labute approximate surface area is 131 Å². The molecular weight excluding hydrogens is 309 g/mol. The summed E-state index contributed by atoms with van der Waals surface area (Å²) in [7, 11) is 0. The van der Waals surface area contributed by atoms with E-state index in [-0.39, 0.29) is 11.7 Å². The van der Waals surface area contributed by atoms with Crippen molar-refractivity contribution < 1.29 is 13.9 Å². The molecule has 0 fully saturated rings. The third-order valence-corrected chi connectivity index (χ3v) is 4.59. The zero-order valence-electron chi connectivity index (χ0n) is 11.4. The number of nitrogens with one attached hydrogen (secondary N) is 1. The molecule has 0 aliphatic heterocycles. The van der Waals surface area contributed by atoms with E-state index in [4.69, 9.17) is 4.74 Å². The van der Waals surface area contributed by atoms with Crippen LogP contribution in [-0.4, -0.2) is 24.8 Å². The summed E-state index contributed by atoms with van der Waals surface area (Å²) < 4.78 is 18.2. The van der Waals surface area contributed by atoms with Crippen LogP contribution in [-0.2, 0) is 10.5 Å². The van der Waals surface area contributed by atoms with E-state index in [9.17, 15) is 9.18 Å². The van der Waals surface area contributed by atoms with E-state index in [0.717, 1.165) is 5.75 Å². The average molecular weight is 325 g/mol. The molecule has 1 aromatic carbocycles. The summed E-state index contributed by atoms with van der Waals surface area (Å²) >= 11 is 3.28. The van der Waals surface area contributed by atoms with Crippen molar-refractivity contribution in [3.63, 3.8) is 0 Å². The summed E-state index contributed by atoms with van der Waals surface area (Å²) in [5.74, 6) is 1.40. The van der Waals surface area contributed by atoms with Crippen LogP contribution in [0.25, 0.3) is 0 Å². The van der Waals surface area contributed by atoms with Crippen molar-refractivity contribution in [2.24, 2.45) is 0 Å². The summed E-state index contributed by atoms with van der Waals surface area (Å²) in [5, 5.41) is 4.80. The van der Waals surface area contributed by atoms with Gasteiger partial charge in [-0.05, 0) is 23.6 Å². The summed E-state index contributed by atoms with van der Waals surface area (Å²) in [6, 6.07) is 10.0. The van der Waals surface area contributed by atoms with E-state index in [1.165, 1.54) is 17.0 Å². The van der Waals surface area contributed by atoms with Gasteiger partial charge in [-0.25, -0.2) is 4.39 Å². The van der Waals surface area contributed by atoms with E-state index in [1.54, 1.807) is 35.2 Å². The molecule has 0 unspecified atom stereocenters. The van der Waals surface area contributed by atoms with E-state index < -0.39 is 0 Å². The summed E-state index contributed by atoms with van der Waals surface area (Å²) in [4.78, 5) is 12.9. The van der Waals surface area contributed by atoms with Gasteiger partial charge in [-0.2, -0.15) is 0 Å². The molecule has 3 nitrogen and oxygen atoms in total. The van der Waals surface area contributed by atoms with Crippen molar-refractivity contribution in [2.75, 3.05) is 18.9 Å². The van der Waals surface area contributed by atoms with E-state index in [0.29, 0.717) is 24.7 Å². The maximum atomic E-state index is 12.9. The Morgan fingerprint density at radius 1 is 1.33 bits per heavy atom. The van der Waals surface area contributed by atoms with Gasteiger partial charge in [-0.3, -0.25) is 4.79 Å². The van der Waals surface area contributed by atoms with Gasteiger partial charge in [0.2, 0.25) is 5.91 Å². The monoisotopic (exact) mass is 325 g/mol. The largest absolute Gasteiger partial charge is 0.492 e. The van der Waals surface area contributed by atoms with Crippen LogP contribution in [0.3, 0.4) is 0 Å². The van der Waals surface area contributed by atoms with Crippen molar-refractivity contribution in [3.05, 3.63) is 52.5 Å². The molecule has 0 saturated heterocycles. The summed E-state index contributed by atoms with van der Waals surface area (Å²) in [6.45, 7) is 0.736. The van der Waals surface area contributed by atoms with Gasteiger partial charge in [0.1, 0.15) is 18.2 Å². The second-order valence-electron chi connectivity index (χ2n) is 4.23. The molecule has 1 amide bonds. The Bertz CT molecular complexity index is 561. The lowest BCUT2D eigenvalue weighted by Crippen LogP contribution is -2.29. The Balaban J connectivity index is 1.55. The number of halogens is 1. The molecule has 0 aliphatic rings. The molecule has 0 atom stereocenters. The second kappa shape index (κ2) is 8.69. The minimum absolute atomic E-state index is 0.0144. The molecule has 1 aromatic heterocycles. The maximum Gasteiger partial charge on any atom is 0.230 e. The highest BCUT2D eigenvalue weighted by molar-refractivity contribution is 7.99. The molecule has 1 heterocycles. The fraction of sp³-hybridized carbons (Fsp3) is 0.267. The first-order valence-electron chi connectivity index (χ1n) is 6.49. The number of benzene rings is 1. The molecule has 0 spiro atoms. The van der Waals surface area contributed by atoms with Gasteiger partial charge in [0.05, 0.1) is 12.3 Å². The van der Waals surface area contributed by atoms with Gasteiger partial charge in [-0.1, -0.05) is 12.1 Å². The SMILES string of the molecule is O=C(CSCc1cccs1)NCCOc1cccc(F)c1. The minimum atomic E-state index is -0.332. The number of rotatable bonds is 8. The van der Waals surface area contributed by atoms with Crippen LogP contribution in [0.5, 0.6) is 5.75 Å². The highest BCUT2D eigenvalue weighted by Gasteiger charge is 2.02. The molecular formula is C15H16FNO2S2. The lowest BCUT2D eigenvalue weighted by Gasteiger charge is -2.07. The zero-order valence-corrected chi connectivity index (χ0v) is 13.0. The zero-order chi connectivity index (χ0) is 14.9. The van der Waals surface area contributed by atoms with Crippen LogP contribution < -0.4 is 10.1 Å². The van der Waals surface area contributed by atoms with Gasteiger partial charge in [0, 0.05) is 16.7 Å². The summed E-state index contributed by atoms with van der Waals surface area (Å²) in [6.07, 6.45) is 0. The Kier molecular flexibility index (Phi) is 6.56. The predicted octanol–water partition coefficient (Wildman–Crippen LogP) is 3.32. The number of carbonyl (C=O) groups excluding carboxylic acids is 1. The second-order valence-corrected chi connectivity index (χ2v) is 6.25. The first kappa shape index (κ1) is 15.9. The van der Waals surface area contributed by atoms with Crippen molar-refractivity contribution in [1.82, 2.24) is 5.32 Å².